The lowest BCUT2D eigenvalue weighted by atomic mass is 10.1. The number of allylic oxidation sites excluding steroid dienone is 2. The molecule has 6 heteroatoms. The summed E-state index contributed by atoms with van der Waals surface area (Å²) in [6, 6.07) is 9.84. The summed E-state index contributed by atoms with van der Waals surface area (Å²) in [4.78, 5) is 24.1. The fourth-order valence-corrected chi connectivity index (χ4v) is 2.44. The zero-order valence-electron chi connectivity index (χ0n) is 17.0. The predicted molar refractivity (Wildman–Crippen MR) is 114 cm³/mol. The molecule has 2 aromatic rings. The van der Waals surface area contributed by atoms with Crippen LogP contribution in [0.1, 0.15) is 24.5 Å². The molecular weight excluding hydrogens is 384 g/mol. The summed E-state index contributed by atoms with van der Waals surface area (Å²) in [7, 11) is 2.95. The van der Waals surface area contributed by atoms with Crippen LogP contribution in [0.15, 0.2) is 48.6 Å². The van der Waals surface area contributed by atoms with Crippen molar-refractivity contribution in [3.63, 3.8) is 0 Å². The molecule has 0 bridgehead atoms. The van der Waals surface area contributed by atoms with Crippen LogP contribution in [-0.4, -0.2) is 30.9 Å². The minimum atomic E-state index is -0.337. The average molecular weight is 406 g/mol. The Labute approximate surface area is 175 Å². The second-order valence-electron chi connectivity index (χ2n) is 6.07. The highest BCUT2D eigenvalue weighted by molar-refractivity contribution is 6.10. The van der Waals surface area contributed by atoms with E-state index in [4.69, 9.17) is 14.2 Å². The van der Waals surface area contributed by atoms with Crippen LogP contribution in [0.4, 0.5) is 0 Å². The first-order chi connectivity index (χ1) is 14.5. The second kappa shape index (κ2) is 11.1. The lowest BCUT2D eigenvalue weighted by Crippen LogP contribution is -2.01. The van der Waals surface area contributed by atoms with Crippen molar-refractivity contribution in [2.24, 2.45) is 0 Å². The van der Waals surface area contributed by atoms with E-state index in [1.165, 1.54) is 32.4 Å². The van der Waals surface area contributed by atoms with Crippen LogP contribution in [0.5, 0.6) is 23.0 Å². The predicted octanol–water partition coefficient (Wildman–Crippen LogP) is 4.02. The molecule has 0 fully saturated rings. The van der Waals surface area contributed by atoms with Gasteiger partial charge in [0.25, 0.3) is 0 Å². The number of ketones is 2. The van der Waals surface area contributed by atoms with Crippen molar-refractivity contribution < 1.29 is 28.9 Å². The second-order valence-corrected chi connectivity index (χ2v) is 6.07. The molecule has 0 amide bonds. The highest BCUT2D eigenvalue weighted by atomic mass is 16.5. The molecule has 30 heavy (non-hydrogen) atoms. The lowest BCUT2D eigenvalue weighted by molar-refractivity contribution is -0.121. The van der Waals surface area contributed by atoms with E-state index in [0.717, 1.165) is 5.56 Å². The van der Waals surface area contributed by atoms with E-state index in [9.17, 15) is 14.7 Å². The Bertz CT molecular complexity index is 1040. The van der Waals surface area contributed by atoms with E-state index in [1.807, 2.05) is 0 Å². The third-order valence-corrected chi connectivity index (χ3v) is 3.93. The summed E-state index contributed by atoms with van der Waals surface area (Å²) >= 11 is 0. The van der Waals surface area contributed by atoms with Gasteiger partial charge in [0.1, 0.15) is 6.11 Å². The van der Waals surface area contributed by atoms with Crippen LogP contribution in [-0.2, 0) is 9.59 Å². The van der Waals surface area contributed by atoms with Crippen LogP contribution >= 0.6 is 0 Å². The lowest BCUT2D eigenvalue weighted by Gasteiger charge is -2.06. The van der Waals surface area contributed by atoms with Gasteiger partial charge in [0.2, 0.25) is 0 Å². The highest BCUT2D eigenvalue weighted by Gasteiger charge is 2.07. The van der Waals surface area contributed by atoms with Crippen molar-refractivity contribution >= 4 is 23.7 Å². The number of carbonyl (C=O) groups excluding carboxylic acids is 2. The van der Waals surface area contributed by atoms with E-state index in [0.29, 0.717) is 22.8 Å². The Balaban J connectivity index is 1.98. The fraction of sp³-hybridized carbons (Fsp3) is 0.167. The van der Waals surface area contributed by atoms with Crippen molar-refractivity contribution in [3.8, 4) is 35.0 Å². The minimum absolute atomic E-state index is 0.0100. The molecule has 0 saturated heterocycles. The van der Waals surface area contributed by atoms with Crippen molar-refractivity contribution in [1.82, 2.24) is 0 Å². The summed E-state index contributed by atoms with van der Waals surface area (Å²) < 4.78 is 15.5. The Hall–Kier alpha value is -3.98. The molecular formula is C24H22O6. The van der Waals surface area contributed by atoms with E-state index in [1.54, 1.807) is 49.4 Å². The molecule has 0 aliphatic rings. The maximum atomic E-state index is 12.1. The van der Waals surface area contributed by atoms with Crippen LogP contribution in [0.2, 0.25) is 0 Å². The van der Waals surface area contributed by atoms with Gasteiger partial charge in [-0.1, -0.05) is 30.2 Å². The number of methoxy groups -OCH3 is 2. The topological polar surface area (TPSA) is 82.1 Å². The van der Waals surface area contributed by atoms with Gasteiger partial charge in [0.15, 0.2) is 34.6 Å². The Kier molecular flexibility index (Phi) is 8.27. The van der Waals surface area contributed by atoms with Gasteiger partial charge in [-0.2, -0.15) is 0 Å². The maximum Gasteiger partial charge on any atom is 0.182 e. The molecule has 0 saturated carbocycles. The molecule has 6 nitrogen and oxygen atoms in total. The monoisotopic (exact) mass is 406 g/mol. The van der Waals surface area contributed by atoms with Gasteiger partial charge >= 0.3 is 0 Å². The third kappa shape index (κ3) is 6.57. The number of carbonyl (C=O) groups is 2. The number of phenolic OH excluding ortho intramolecular Hbond substituents is 1. The van der Waals surface area contributed by atoms with Crippen molar-refractivity contribution in [3.05, 3.63) is 59.7 Å². The Morgan fingerprint density at radius 2 is 1.47 bits per heavy atom. The van der Waals surface area contributed by atoms with E-state index >= 15 is 0 Å². The largest absolute Gasteiger partial charge is 0.504 e. The number of ether oxygens (including phenoxy) is 3. The third-order valence-electron chi connectivity index (χ3n) is 3.93. The number of rotatable bonds is 9. The van der Waals surface area contributed by atoms with Gasteiger partial charge < -0.3 is 19.3 Å². The van der Waals surface area contributed by atoms with Crippen LogP contribution in [0.3, 0.4) is 0 Å². The summed E-state index contributed by atoms with van der Waals surface area (Å²) in [6.07, 6.45) is 8.06. The zero-order valence-corrected chi connectivity index (χ0v) is 17.0. The van der Waals surface area contributed by atoms with E-state index in [-0.39, 0.29) is 23.7 Å². The SMILES string of the molecule is CC#COc1ccc(/C=C/C(=O)CC(=O)/C=C/c2ccc(O)c(OC)c2)cc1OC. The standard InChI is InChI=1S/C24H22O6/c1-4-13-30-22-12-8-18(15-24(22)29-3)6-10-20(26)16-19(25)9-5-17-7-11-21(27)23(14-17)28-2/h5-12,14-15,27H,16H2,1-3H3/b9-5+,10-6+. The normalized spacial score (nSPS) is 10.5. The van der Waals surface area contributed by atoms with E-state index < -0.39 is 0 Å². The van der Waals surface area contributed by atoms with Crippen LogP contribution in [0.25, 0.3) is 12.2 Å². The van der Waals surface area contributed by atoms with Gasteiger partial charge in [-0.05, 0) is 47.5 Å². The molecule has 0 radical (unpaired) electrons. The average Bonchev–Trinajstić information content (AvgIpc) is 2.75. The van der Waals surface area contributed by atoms with E-state index in [2.05, 4.69) is 12.0 Å². The maximum absolute atomic E-state index is 12.1. The van der Waals surface area contributed by atoms with Gasteiger partial charge in [-0.25, -0.2) is 0 Å². The van der Waals surface area contributed by atoms with Crippen LogP contribution < -0.4 is 14.2 Å². The van der Waals surface area contributed by atoms with Gasteiger partial charge in [-0.15, -0.1) is 0 Å². The molecule has 0 spiro atoms. The molecule has 154 valence electrons. The van der Waals surface area contributed by atoms with Crippen LogP contribution in [0, 0.1) is 12.0 Å². The number of benzene rings is 2. The Morgan fingerprint density at radius 1 is 0.900 bits per heavy atom. The Morgan fingerprint density at radius 3 is 2.03 bits per heavy atom. The van der Waals surface area contributed by atoms with Gasteiger partial charge in [0, 0.05) is 6.92 Å². The molecule has 0 unspecified atom stereocenters. The molecule has 0 atom stereocenters. The van der Waals surface area contributed by atoms with Crippen molar-refractivity contribution in [2.45, 2.75) is 13.3 Å². The molecule has 2 aromatic carbocycles. The zero-order chi connectivity index (χ0) is 21.9. The first kappa shape index (κ1) is 22.3. The van der Waals surface area contributed by atoms with Gasteiger partial charge in [0.05, 0.1) is 20.6 Å². The molecule has 0 aromatic heterocycles. The smallest absolute Gasteiger partial charge is 0.182 e. The first-order valence-electron chi connectivity index (χ1n) is 9.02. The minimum Gasteiger partial charge on any atom is -0.504 e. The highest BCUT2D eigenvalue weighted by Crippen LogP contribution is 2.28. The summed E-state index contributed by atoms with van der Waals surface area (Å²) in [5.41, 5.74) is 1.39. The molecule has 0 aliphatic heterocycles. The molecule has 1 N–H and O–H groups in total. The quantitative estimate of drug-likeness (QED) is 0.385. The number of aromatic hydroxyl groups is 1. The fourth-order valence-electron chi connectivity index (χ4n) is 2.44. The number of hydrogen-bond donors (Lipinski definition) is 1. The van der Waals surface area contributed by atoms with Crippen molar-refractivity contribution in [1.29, 1.82) is 0 Å². The summed E-state index contributed by atoms with van der Waals surface area (Å²) in [5, 5.41) is 9.58. The summed E-state index contributed by atoms with van der Waals surface area (Å²) in [5.74, 6) is 3.23. The summed E-state index contributed by atoms with van der Waals surface area (Å²) in [6.45, 7) is 1.66. The molecule has 0 aliphatic carbocycles. The molecule has 2 rings (SSSR count). The first-order valence-corrected chi connectivity index (χ1v) is 9.02. The number of hydrogen-bond acceptors (Lipinski definition) is 6. The van der Waals surface area contributed by atoms with Crippen molar-refractivity contribution in [2.75, 3.05) is 14.2 Å². The van der Waals surface area contributed by atoms with Gasteiger partial charge in [-0.3, -0.25) is 9.59 Å². The molecule has 0 heterocycles. The number of phenols is 1.